The summed E-state index contributed by atoms with van der Waals surface area (Å²) in [5.74, 6) is -0.176. The van der Waals surface area contributed by atoms with Crippen LogP contribution in [0.3, 0.4) is 0 Å². The molecule has 0 aliphatic carbocycles. The summed E-state index contributed by atoms with van der Waals surface area (Å²) >= 11 is 0. The van der Waals surface area contributed by atoms with Crippen molar-refractivity contribution >= 4 is 11.9 Å². The molecule has 0 rings (SSSR count). The molecule has 0 atom stereocenters. The normalized spacial score (nSPS) is 11.9. The van der Waals surface area contributed by atoms with E-state index in [-0.39, 0.29) is 24.8 Å². The summed E-state index contributed by atoms with van der Waals surface area (Å²) in [5, 5.41) is 9.37. The smallest absolute Gasteiger partial charge is 0.305 e. The summed E-state index contributed by atoms with van der Waals surface area (Å²) in [6, 6.07) is 0. The Hall–Kier alpha value is -1.74. The lowest BCUT2D eigenvalue weighted by Crippen LogP contribution is -2.28. The predicted molar refractivity (Wildman–Crippen MR) is 235 cm³/mol. The van der Waals surface area contributed by atoms with Crippen LogP contribution < -0.4 is 0 Å². The summed E-state index contributed by atoms with van der Waals surface area (Å²) in [4.78, 5) is 27.0. The number of aliphatic hydroxyl groups is 1. The Balaban J connectivity index is 4.01. The van der Waals surface area contributed by atoms with Gasteiger partial charge in [-0.25, -0.2) is 0 Å². The molecule has 0 heterocycles. The van der Waals surface area contributed by atoms with E-state index < -0.39 is 0 Å². The van der Waals surface area contributed by atoms with Crippen LogP contribution in [0.2, 0.25) is 0 Å². The molecule has 8 nitrogen and oxygen atoms in total. The first-order valence-electron chi connectivity index (χ1n) is 23.7. The van der Waals surface area contributed by atoms with Gasteiger partial charge in [-0.15, -0.1) is 0 Å². The molecule has 0 aliphatic heterocycles. The molecule has 0 amide bonds. The van der Waals surface area contributed by atoms with Gasteiger partial charge < -0.3 is 29.0 Å². The van der Waals surface area contributed by atoms with Crippen molar-refractivity contribution in [3.8, 4) is 0 Å². The fourth-order valence-electron chi connectivity index (χ4n) is 6.66. The number of carbonyl (C=O) groups excluding carboxylic acids is 2. The number of unbranched alkanes of at least 4 members (excludes halogenated alkanes) is 18. The van der Waals surface area contributed by atoms with Gasteiger partial charge in [0.1, 0.15) is 0 Å². The van der Waals surface area contributed by atoms with Crippen molar-refractivity contribution in [3.63, 3.8) is 0 Å². The average molecular weight is 794 g/mol. The number of allylic oxidation sites excluding steroid dienone is 4. The Morgan fingerprint density at radius 3 is 1.41 bits per heavy atom. The Labute approximate surface area is 346 Å². The van der Waals surface area contributed by atoms with E-state index in [9.17, 15) is 14.7 Å². The van der Waals surface area contributed by atoms with Gasteiger partial charge in [-0.05, 0) is 116 Å². The Morgan fingerprint density at radius 2 is 0.911 bits per heavy atom. The minimum absolute atomic E-state index is 0.0505. The molecule has 0 aliphatic rings. The summed E-state index contributed by atoms with van der Waals surface area (Å²) in [5.41, 5.74) is 0. The monoisotopic (exact) mass is 794 g/mol. The third kappa shape index (κ3) is 41.9. The van der Waals surface area contributed by atoms with Gasteiger partial charge in [0.15, 0.2) is 6.29 Å². The van der Waals surface area contributed by atoms with Gasteiger partial charge in [0, 0.05) is 39.2 Å². The van der Waals surface area contributed by atoms with E-state index >= 15 is 0 Å². The van der Waals surface area contributed by atoms with Crippen LogP contribution >= 0.6 is 0 Å². The molecule has 0 fully saturated rings. The maximum absolute atomic E-state index is 12.4. The van der Waals surface area contributed by atoms with E-state index in [1.165, 1.54) is 44.9 Å². The van der Waals surface area contributed by atoms with E-state index in [0.717, 1.165) is 142 Å². The van der Waals surface area contributed by atoms with E-state index in [0.29, 0.717) is 52.1 Å². The molecule has 8 heteroatoms. The topological polar surface area (TPSA) is 94.5 Å². The number of rotatable bonds is 45. The second-order valence-electron chi connectivity index (χ2n) is 15.6. The first kappa shape index (κ1) is 54.3. The maximum Gasteiger partial charge on any atom is 0.305 e. The fraction of sp³-hybridized carbons (Fsp3) is 0.875. The summed E-state index contributed by atoms with van der Waals surface area (Å²) in [6.45, 7) is 12.2. The molecular weight excluding hydrogens is 703 g/mol. The molecule has 0 aromatic carbocycles. The van der Waals surface area contributed by atoms with E-state index in [1.807, 2.05) is 0 Å². The van der Waals surface area contributed by atoms with Crippen molar-refractivity contribution in [2.45, 2.75) is 220 Å². The molecule has 0 aromatic rings. The molecule has 0 saturated carbocycles. The fourth-order valence-corrected chi connectivity index (χ4v) is 6.66. The largest absolute Gasteiger partial charge is 0.466 e. The molecule has 330 valence electrons. The first-order chi connectivity index (χ1) is 27.6. The van der Waals surface area contributed by atoms with Gasteiger partial charge in [0.2, 0.25) is 0 Å². The molecular formula is C48H91NO7. The highest BCUT2D eigenvalue weighted by molar-refractivity contribution is 5.69. The number of carbonyl (C=O) groups is 2. The summed E-state index contributed by atoms with van der Waals surface area (Å²) < 4.78 is 23.1. The second-order valence-corrected chi connectivity index (χ2v) is 15.6. The minimum atomic E-state index is -0.255. The highest BCUT2D eigenvalue weighted by Gasteiger charge is 2.12. The summed E-state index contributed by atoms with van der Waals surface area (Å²) in [6.07, 6.45) is 40.2. The molecule has 0 unspecified atom stereocenters. The van der Waals surface area contributed by atoms with Crippen molar-refractivity contribution in [2.75, 3.05) is 52.7 Å². The number of nitrogens with zero attached hydrogens (tertiary/aromatic N) is 1. The Morgan fingerprint density at radius 1 is 0.482 bits per heavy atom. The lowest BCUT2D eigenvalue weighted by atomic mass is 10.1. The quantitative estimate of drug-likeness (QED) is 0.0282. The Bertz CT molecular complexity index is 856. The number of ether oxygens (including phenoxy) is 4. The first-order valence-corrected chi connectivity index (χ1v) is 23.7. The van der Waals surface area contributed by atoms with Crippen molar-refractivity contribution in [3.05, 3.63) is 24.3 Å². The molecule has 0 spiro atoms. The standard InChI is InChI=1S/C48H91NO7/c1-4-7-10-13-16-17-18-23-29-42-53-46(51)35-26-25-28-39-49(40-34-41-50)38-27-20-19-24-30-43-54-47(52)36-33-37-48(55-44-31-21-14-11-8-5-2)56-45-32-22-15-12-9-6-3/h8-9,11-12,48,50H,4-7,10,13-45H2,1-3H3/b11-8-,12-9-. The second kappa shape index (κ2) is 46.0. The van der Waals surface area contributed by atoms with Crippen LogP contribution in [0.1, 0.15) is 213 Å². The third-order valence-electron chi connectivity index (χ3n) is 10.1. The minimum Gasteiger partial charge on any atom is -0.466 e. The lowest BCUT2D eigenvalue weighted by Gasteiger charge is -2.22. The van der Waals surface area contributed by atoms with Crippen molar-refractivity contribution < 1.29 is 33.6 Å². The molecule has 1 N–H and O–H groups in total. The zero-order valence-electron chi connectivity index (χ0n) is 37.1. The maximum atomic E-state index is 12.4. The molecule has 0 aromatic heterocycles. The zero-order chi connectivity index (χ0) is 40.8. The number of hydrogen-bond acceptors (Lipinski definition) is 8. The highest BCUT2D eigenvalue weighted by Crippen LogP contribution is 2.13. The average Bonchev–Trinajstić information content (AvgIpc) is 3.20. The van der Waals surface area contributed by atoms with E-state index in [4.69, 9.17) is 18.9 Å². The van der Waals surface area contributed by atoms with Gasteiger partial charge in [0.05, 0.1) is 13.2 Å². The van der Waals surface area contributed by atoms with E-state index in [1.54, 1.807) is 0 Å². The van der Waals surface area contributed by atoms with Crippen LogP contribution in [0.5, 0.6) is 0 Å². The Kier molecular flexibility index (Phi) is 44.5. The molecule has 56 heavy (non-hydrogen) atoms. The highest BCUT2D eigenvalue weighted by atomic mass is 16.7. The summed E-state index contributed by atoms with van der Waals surface area (Å²) in [7, 11) is 0. The zero-order valence-corrected chi connectivity index (χ0v) is 37.1. The van der Waals surface area contributed by atoms with Crippen LogP contribution in [-0.2, 0) is 28.5 Å². The molecule has 0 saturated heterocycles. The third-order valence-corrected chi connectivity index (χ3v) is 10.1. The van der Waals surface area contributed by atoms with Crippen molar-refractivity contribution in [1.82, 2.24) is 4.90 Å². The predicted octanol–water partition coefficient (Wildman–Crippen LogP) is 12.6. The van der Waals surface area contributed by atoms with Crippen molar-refractivity contribution in [1.29, 1.82) is 0 Å². The van der Waals surface area contributed by atoms with Crippen LogP contribution in [0.25, 0.3) is 0 Å². The number of aliphatic hydroxyl groups excluding tert-OH is 1. The van der Waals surface area contributed by atoms with Gasteiger partial charge >= 0.3 is 11.9 Å². The number of esters is 2. The van der Waals surface area contributed by atoms with Gasteiger partial charge in [0.25, 0.3) is 0 Å². The van der Waals surface area contributed by atoms with Gasteiger partial charge in [-0.2, -0.15) is 0 Å². The van der Waals surface area contributed by atoms with Gasteiger partial charge in [-0.1, -0.05) is 122 Å². The SMILES string of the molecule is CC/C=C\CCCCOC(CCCC(=O)OCCCCCCCN(CCCO)CCCCCC(=O)OCCCCCCCCCCC)OCCCC/C=C\CC. The number of hydrogen-bond donors (Lipinski definition) is 1. The van der Waals surface area contributed by atoms with Crippen LogP contribution in [0.15, 0.2) is 24.3 Å². The van der Waals surface area contributed by atoms with Crippen LogP contribution in [0.4, 0.5) is 0 Å². The molecule has 0 bridgehead atoms. The molecule has 0 radical (unpaired) electrons. The van der Waals surface area contributed by atoms with Crippen LogP contribution in [0, 0.1) is 0 Å². The van der Waals surface area contributed by atoms with Crippen molar-refractivity contribution in [2.24, 2.45) is 0 Å². The van der Waals surface area contributed by atoms with E-state index in [2.05, 4.69) is 50.0 Å². The lowest BCUT2D eigenvalue weighted by molar-refractivity contribution is -0.152. The van der Waals surface area contributed by atoms with Crippen LogP contribution in [-0.4, -0.2) is 80.9 Å². The van der Waals surface area contributed by atoms with Gasteiger partial charge in [-0.3, -0.25) is 9.59 Å².